The van der Waals surface area contributed by atoms with Gasteiger partial charge in [0.2, 0.25) is 5.88 Å². The fraction of sp³-hybridized carbons (Fsp3) is 0.167. The van der Waals surface area contributed by atoms with Gasteiger partial charge in [-0.25, -0.2) is 4.98 Å². The molecule has 0 aliphatic rings. The Morgan fingerprint density at radius 1 is 1.32 bits per heavy atom. The lowest BCUT2D eigenvalue weighted by molar-refractivity contribution is 0.328. The van der Waals surface area contributed by atoms with Crippen LogP contribution in [0.4, 0.5) is 17.2 Å². The summed E-state index contributed by atoms with van der Waals surface area (Å²) in [7, 11) is 0. The molecule has 0 bridgehead atoms. The molecule has 0 amide bonds. The van der Waals surface area contributed by atoms with E-state index in [1.165, 1.54) is 6.33 Å². The average molecular weight is 388 g/mol. The minimum Gasteiger partial charge on any atom is -0.476 e. The quantitative estimate of drug-likeness (QED) is 0.836. The molecular formula is C12H12Br2N4O. The van der Waals surface area contributed by atoms with Gasteiger partial charge in [0, 0.05) is 8.95 Å². The zero-order valence-corrected chi connectivity index (χ0v) is 13.3. The van der Waals surface area contributed by atoms with E-state index in [-0.39, 0.29) is 0 Å². The van der Waals surface area contributed by atoms with Gasteiger partial charge in [0.05, 0.1) is 12.3 Å². The Balaban J connectivity index is 2.33. The number of benzene rings is 1. The fourth-order valence-electron chi connectivity index (χ4n) is 1.45. The lowest BCUT2D eigenvalue weighted by Crippen LogP contribution is -2.05. The molecule has 5 nitrogen and oxygen atoms in total. The Hall–Kier alpha value is -1.34. The van der Waals surface area contributed by atoms with E-state index in [1.807, 2.05) is 25.1 Å². The summed E-state index contributed by atoms with van der Waals surface area (Å²) in [6.07, 6.45) is 1.41. The normalized spacial score (nSPS) is 10.3. The number of aromatic nitrogens is 2. The molecule has 7 heteroatoms. The van der Waals surface area contributed by atoms with E-state index in [1.54, 1.807) is 0 Å². The van der Waals surface area contributed by atoms with Crippen LogP contribution in [0.25, 0.3) is 0 Å². The molecule has 19 heavy (non-hydrogen) atoms. The van der Waals surface area contributed by atoms with E-state index >= 15 is 0 Å². The average Bonchev–Trinajstić information content (AvgIpc) is 2.39. The number of rotatable bonds is 4. The summed E-state index contributed by atoms with van der Waals surface area (Å²) in [6, 6.07) is 5.78. The van der Waals surface area contributed by atoms with Gasteiger partial charge < -0.3 is 15.8 Å². The van der Waals surface area contributed by atoms with Crippen LogP contribution >= 0.6 is 31.9 Å². The molecule has 0 unspecified atom stereocenters. The SMILES string of the molecule is CCOc1ncnc(Nc2cc(Br)ccc2Br)c1N. The second-order valence-corrected chi connectivity index (χ2v) is 5.39. The summed E-state index contributed by atoms with van der Waals surface area (Å²) >= 11 is 6.88. The maximum absolute atomic E-state index is 5.97. The van der Waals surface area contributed by atoms with Crippen LogP contribution in [0.5, 0.6) is 5.88 Å². The first-order valence-corrected chi connectivity index (χ1v) is 7.15. The number of ether oxygens (including phenoxy) is 1. The van der Waals surface area contributed by atoms with Crippen LogP contribution in [0.15, 0.2) is 33.5 Å². The third-order valence-electron chi connectivity index (χ3n) is 2.31. The molecule has 100 valence electrons. The molecule has 0 saturated heterocycles. The van der Waals surface area contributed by atoms with Crippen LogP contribution in [0.1, 0.15) is 6.92 Å². The fourth-order valence-corrected chi connectivity index (χ4v) is 2.16. The number of nitrogens with zero attached hydrogens (tertiary/aromatic N) is 2. The largest absolute Gasteiger partial charge is 0.476 e. The minimum atomic E-state index is 0.381. The molecule has 1 aromatic heterocycles. The van der Waals surface area contributed by atoms with E-state index in [2.05, 4.69) is 47.1 Å². The number of anilines is 3. The van der Waals surface area contributed by atoms with Crippen LogP contribution in [-0.4, -0.2) is 16.6 Å². The summed E-state index contributed by atoms with van der Waals surface area (Å²) in [6.45, 7) is 2.38. The third-order valence-corrected chi connectivity index (χ3v) is 3.49. The van der Waals surface area contributed by atoms with E-state index in [0.717, 1.165) is 14.6 Å². The highest BCUT2D eigenvalue weighted by Gasteiger charge is 2.10. The number of nitrogens with two attached hydrogens (primary N) is 1. The Bertz CT molecular complexity index is 592. The smallest absolute Gasteiger partial charge is 0.242 e. The zero-order chi connectivity index (χ0) is 13.8. The summed E-state index contributed by atoms with van der Waals surface area (Å²) in [5, 5.41) is 3.15. The predicted molar refractivity (Wildman–Crippen MR) is 82.7 cm³/mol. The molecule has 0 radical (unpaired) electrons. The van der Waals surface area contributed by atoms with Gasteiger partial charge in [0.1, 0.15) is 12.0 Å². The van der Waals surface area contributed by atoms with Crippen LogP contribution in [0.3, 0.4) is 0 Å². The van der Waals surface area contributed by atoms with Crippen molar-refractivity contribution in [3.63, 3.8) is 0 Å². The van der Waals surface area contributed by atoms with Gasteiger partial charge in [-0.15, -0.1) is 0 Å². The zero-order valence-electron chi connectivity index (χ0n) is 10.2. The lowest BCUT2D eigenvalue weighted by atomic mass is 10.3. The van der Waals surface area contributed by atoms with Gasteiger partial charge in [0.25, 0.3) is 0 Å². The Labute approximate surface area is 127 Å². The first-order chi connectivity index (χ1) is 9.11. The van der Waals surface area contributed by atoms with Crippen LogP contribution in [-0.2, 0) is 0 Å². The first-order valence-electron chi connectivity index (χ1n) is 5.57. The van der Waals surface area contributed by atoms with Crippen molar-refractivity contribution in [2.45, 2.75) is 6.92 Å². The minimum absolute atomic E-state index is 0.381. The third kappa shape index (κ3) is 3.36. The monoisotopic (exact) mass is 386 g/mol. The van der Waals surface area contributed by atoms with Crippen molar-refractivity contribution in [3.8, 4) is 5.88 Å². The molecule has 1 heterocycles. The van der Waals surface area contributed by atoms with Gasteiger partial charge in [-0.1, -0.05) is 15.9 Å². The highest BCUT2D eigenvalue weighted by atomic mass is 79.9. The van der Waals surface area contributed by atoms with Crippen molar-refractivity contribution < 1.29 is 4.74 Å². The summed E-state index contributed by atoms with van der Waals surface area (Å²) in [5.74, 6) is 0.892. The Morgan fingerprint density at radius 3 is 2.84 bits per heavy atom. The maximum atomic E-state index is 5.97. The van der Waals surface area contributed by atoms with Crippen molar-refractivity contribution in [2.24, 2.45) is 0 Å². The van der Waals surface area contributed by atoms with Crippen molar-refractivity contribution in [1.29, 1.82) is 0 Å². The molecule has 0 saturated carbocycles. The van der Waals surface area contributed by atoms with Crippen molar-refractivity contribution in [3.05, 3.63) is 33.5 Å². The second kappa shape index (κ2) is 6.21. The molecule has 0 fully saturated rings. The van der Waals surface area contributed by atoms with Gasteiger partial charge in [0.15, 0.2) is 5.82 Å². The standard InChI is InChI=1S/C12H12Br2N4O/c1-2-19-12-10(15)11(16-6-17-12)18-9-5-7(13)3-4-8(9)14/h3-6H,2,15H2,1H3,(H,16,17,18). The van der Waals surface area contributed by atoms with E-state index in [0.29, 0.717) is 24.0 Å². The highest BCUT2D eigenvalue weighted by molar-refractivity contribution is 9.11. The molecule has 0 aliphatic heterocycles. The summed E-state index contributed by atoms with van der Waals surface area (Å²) in [4.78, 5) is 8.11. The number of hydrogen-bond acceptors (Lipinski definition) is 5. The molecular weight excluding hydrogens is 376 g/mol. The topological polar surface area (TPSA) is 73.1 Å². The Morgan fingerprint density at radius 2 is 2.11 bits per heavy atom. The number of nitrogens with one attached hydrogen (secondary N) is 1. The molecule has 1 aromatic carbocycles. The summed E-state index contributed by atoms with van der Waals surface area (Å²) in [5.41, 5.74) is 7.20. The van der Waals surface area contributed by atoms with Gasteiger partial charge >= 0.3 is 0 Å². The predicted octanol–water partition coefficient (Wildman–Crippen LogP) is 3.73. The van der Waals surface area contributed by atoms with E-state index in [9.17, 15) is 0 Å². The van der Waals surface area contributed by atoms with Crippen LogP contribution in [0.2, 0.25) is 0 Å². The highest BCUT2D eigenvalue weighted by Crippen LogP contribution is 2.32. The first kappa shape index (κ1) is 14.1. The van der Waals surface area contributed by atoms with Gasteiger partial charge in [-0.2, -0.15) is 4.98 Å². The van der Waals surface area contributed by atoms with E-state index < -0.39 is 0 Å². The van der Waals surface area contributed by atoms with Crippen molar-refractivity contribution in [1.82, 2.24) is 9.97 Å². The summed E-state index contributed by atoms with van der Waals surface area (Å²) < 4.78 is 7.20. The Kier molecular flexibility index (Phi) is 4.60. The second-order valence-electron chi connectivity index (χ2n) is 3.62. The molecule has 0 spiro atoms. The number of nitrogen functional groups attached to an aromatic ring is 1. The molecule has 2 rings (SSSR count). The number of hydrogen-bond donors (Lipinski definition) is 2. The number of halogens is 2. The maximum Gasteiger partial charge on any atom is 0.242 e. The lowest BCUT2D eigenvalue weighted by Gasteiger charge is -2.12. The van der Waals surface area contributed by atoms with Crippen LogP contribution < -0.4 is 15.8 Å². The van der Waals surface area contributed by atoms with Gasteiger partial charge in [-0.3, -0.25) is 0 Å². The van der Waals surface area contributed by atoms with Crippen molar-refractivity contribution >= 4 is 49.1 Å². The molecule has 0 atom stereocenters. The van der Waals surface area contributed by atoms with Crippen molar-refractivity contribution in [2.75, 3.05) is 17.7 Å². The molecule has 0 aliphatic carbocycles. The molecule has 3 N–H and O–H groups in total. The van der Waals surface area contributed by atoms with E-state index in [4.69, 9.17) is 10.5 Å². The van der Waals surface area contributed by atoms with Crippen LogP contribution in [0, 0.1) is 0 Å². The molecule has 2 aromatic rings. The van der Waals surface area contributed by atoms with Gasteiger partial charge in [-0.05, 0) is 41.1 Å².